The van der Waals surface area contributed by atoms with Crippen LogP contribution >= 0.6 is 0 Å². The van der Waals surface area contributed by atoms with Crippen LogP contribution in [0.1, 0.15) is 42.2 Å². The van der Waals surface area contributed by atoms with E-state index in [9.17, 15) is 18.3 Å². The summed E-state index contributed by atoms with van der Waals surface area (Å²) in [6, 6.07) is 11.9. The number of hydrogen-bond donors (Lipinski definition) is 1. The van der Waals surface area contributed by atoms with Crippen LogP contribution in [0.3, 0.4) is 0 Å². The first-order valence-electron chi connectivity index (χ1n) is 7.38. The van der Waals surface area contributed by atoms with Crippen molar-refractivity contribution in [3.05, 3.63) is 82.4 Å². The molecule has 1 N–H and O–H groups in total. The molecular weight excluding hydrogens is 313 g/mol. The third-order valence-electron chi connectivity index (χ3n) is 3.32. The number of halogens is 3. The quantitative estimate of drug-likeness (QED) is 0.600. The fourth-order valence-electron chi connectivity index (χ4n) is 2.16. The largest absolute Gasteiger partial charge is 0.416 e. The molecule has 2 aromatic carbocycles. The summed E-state index contributed by atoms with van der Waals surface area (Å²) < 4.78 is 37.6. The fourth-order valence-corrected chi connectivity index (χ4v) is 2.16. The van der Waals surface area contributed by atoms with Crippen molar-refractivity contribution in [3.8, 4) is 11.8 Å². The first-order chi connectivity index (χ1) is 11.3. The minimum Gasteiger partial charge on any atom is -0.384 e. The number of alkyl halides is 3. The molecule has 0 bridgehead atoms. The molecule has 0 saturated carbocycles. The highest BCUT2D eigenvalue weighted by atomic mass is 19.4. The summed E-state index contributed by atoms with van der Waals surface area (Å²) in [5.74, 6) is 5.76. The molecule has 0 aromatic heterocycles. The first-order valence-corrected chi connectivity index (χ1v) is 7.38. The number of benzene rings is 2. The number of hydrogen-bond acceptors (Lipinski definition) is 1. The number of aliphatic hydroxyl groups excluding tert-OH is 1. The number of aliphatic hydroxyl groups is 1. The lowest BCUT2D eigenvalue weighted by molar-refractivity contribution is -0.137. The van der Waals surface area contributed by atoms with Crippen molar-refractivity contribution in [2.45, 2.75) is 26.1 Å². The van der Waals surface area contributed by atoms with Crippen LogP contribution in [0.25, 0.3) is 0 Å². The molecule has 0 saturated heterocycles. The maximum atomic E-state index is 12.5. The van der Waals surface area contributed by atoms with Gasteiger partial charge < -0.3 is 5.11 Å². The molecule has 0 aliphatic carbocycles. The average Bonchev–Trinajstić information content (AvgIpc) is 2.52. The molecule has 0 heterocycles. The minimum atomic E-state index is -4.35. The van der Waals surface area contributed by atoms with Crippen molar-refractivity contribution in [1.29, 1.82) is 0 Å². The van der Waals surface area contributed by atoms with Crippen LogP contribution in [0, 0.1) is 11.8 Å². The second-order valence-corrected chi connectivity index (χ2v) is 5.60. The molecule has 1 unspecified atom stereocenters. The maximum absolute atomic E-state index is 12.5. The first kappa shape index (κ1) is 17.8. The van der Waals surface area contributed by atoms with E-state index in [0.29, 0.717) is 16.7 Å². The second kappa shape index (κ2) is 7.37. The van der Waals surface area contributed by atoms with Gasteiger partial charge in [-0.3, -0.25) is 0 Å². The molecule has 2 rings (SSSR count). The zero-order valence-electron chi connectivity index (χ0n) is 13.4. The Labute approximate surface area is 139 Å². The monoisotopic (exact) mass is 330 g/mol. The predicted octanol–water partition coefficient (Wildman–Crippen LogP) is 5.10. The van der Waals surface area contributed by atoms with E-state index in [4.69, 9.17) is 0 Å². The van der Waals surface area contributed by atoms with E-state index in [-0.39, 0.29) is 0 Å². The van der Waals surface area contributed by atoms with Gasteiger partial charge in [-0.25, -0.2) is 0 Å². The highest BCUT2D eigenvalue weighted by Crippen LogP contribution is 2.29. The van der Waals surface area contributed by atoms with Crippen molar-refractivity contribution in [2.75, 3.05) is 0 Å². The fraction of sp³-hybridized carbons (Fsp3) is 0.200. The van der Waals surface area contributed by atoms with Gasteiger partial charge in [0.25, 0.3) is 0 Å². The van der Waals surface area contributed by atoms with Crippen LogP contribution in [0.15, 0.2) is 60.2 Å². The van der Waals surface area contributed by atoms with Gasteiger partial charge in [0.05, 0.1) is 11.7 Å². The van der Waals surface area contributed by atoms with E-state index < -0.39 is 17.8 Å². The summed E-state index contributed by atoms with van der Waals surface area (Å²) in [4.78, 5) is 0. The van der Waals surface area contributed by atoms with Gasteiger partial charge in [-0.05, 0) is 49.7 Å². The Hall–Kier alpha value is -2.51. The van der Waals surface area contributed by atoms with E-state index in [1.54, 1.807) is 30.3 Å². The van der Waals surface area contributed by atoms with Gasteiger partial charge in [0.2, 0.25) is 0 Å². The molecule has 0 spiro atoms. The average molecular weight is 330 g/mol. The predicted molar refractivity (Wildman–Crippen MR) is 88.3 cm³/mol. The van der Waals surface area contributed by atoms with E-state index in [2.05, 4.69) is 11.8 Å². The molecule has 0 amide bonds. The molecule has 1 nitrogen and oxygen atoms in total. The van der Waals surface area contributed by atoms with Gasteiger partial charge in [-0.15, -0.1) is 0 Å². The van der Waals surface area contributed by atoms with Gasteiger partial charge in [0.1, 0.15) is 0 Å². The van der Waals surface area contributed by atoms with Gasteiger partial charge in [-0.1, -0.05) is 41.7 Å². The van der Waals surface area contributed by atoms with Crippen LogP contribution < -0.4 is 0 Å². The lowest BCUT2D eigenvalue weighted by Crippen LogP contribution is -2.04. The molecule has 124 valence electrons. The van der Waals surface area contributed by atoms with Crippen molar-refractivity contribution in [1.82, 2.24) is 0 Å². The second-order valence-electron chi connectivity index (χ2n) is 5.60. The van der Waals surface area contributed by atoms with Gasteiger partial charge in [0.15, 0.2) is 0 Å². The summed E-state index contributed by atoms with van der Waals surface area (Å²) in [5.41, 5.74) is 2.07. The number of rotatable bonds is 2. The van der Waals surface area contributed by atoms with Crippen molar-refractivity contribution in [2.24, 2.45) is 0 Å². The Bertz CT molecular complexity index is 786. The summed E-state index contributed by atoms with van der Waals surface area (Å²) in [5, 5.41) is 10.2. The molecular formula is C20H17F3O. The molecule has 4 heteroatoms. The van der Waals surface area contributed by atoms with Crippen LogP contribution in [0.2, 0.25) is 0 Å². The maximum Gasteiger partial charge on any atom is 0.416 e. The summed E-state index contributed by atoms with van der Waals surface area (Å²) in [6.45, 7) is 3.78. The molecule has 0 fully saturated rings. The molecule has 24 heavy (non-hydrogen) atoms. The van der Waals surface area contributed by atoms with Crippen molar-refractivity contribution < 1.29 is 18.3 Å². The molecule has 0 aliphatic rings. The molecule has 1 atom stereocenters. The summed E-state index contributed by atoms with van der Waals surface area (Å²) in [6.07, 6.45) is -3.40. The van der Waals surface area contributed by atoms with Crippen LogP contribution in [0.4, 0.5) is 13.2 Å². The lowest BCUT2D eigenvalue weighted by Gasteiger charge is -2.09. The Morgan fingerprint density at radius 1 is 1.00 bits per heavy atom. The Morgan fingerprint density at radius 2 is 1.62 bits per heavy atom. The Balaban J connectivity index is 2.30. The minimum absolute atomic E-state index is 0.481. The topological polar surface area (TPSA) is 20.2 Å². The van der Waals surface area contributed by atoms with Crippen LogP contribution in [-0.2, 0) is 6.18 Å². The summed E-state index contributed by atoms with van der Waals surface area (Å²) >= 11 is 0. The van der Waals surface area contributed by atoms with Crippen LogP contribution in [-0.4, -0.2) is 5.11 Å². The van der Waals surface area contributed by atoms with Crippen molar-refractivity contribution in [3.63, 3.8) is 0 Å². The van der Waals surface area contributed by atoms with Crippen molar-refractivity contribution >= 4 is 0 Å². The lowest BCUT2D eigenvalue weighted by atomic mass is 10.0. The smallest absolute Gasteiger partial charge is 0.384 e. The zero-order valence-corrected chi connectivity index (χ0v) is 13.4. The van der Waals surface area contributed by atoms with Gasteiger partial charge in [0, 0.05) is 11.1 Å². The van der Waals surface area contributed by atoms with E-state index in [0.717, 1.165) is 17.7 Å². The zero-order chi connectivity index (χ0) is 17.7. The van der Waals surface area contributed by atoms with Crippen LogP contribution in [0.5, 0.6) is 0 Å². The van der Waals surface area contributed by atoms with E-state index in [1.165, 1.54) is 12.1 Å². The SMILES string of the molecule is CC(C)=CC(O)c1ccccc1C#Cc1ccc(C(F)(F)F)cc1. The number of allylic oxidation sites excluding steroid dienone is 1. The van der Waals surface area contributed by atoms with Gasteiger partial charge in [-0.2, -0.15) is 13.2 Å². The Morgan fingerprint density at radius 3 is 2.21 bits per heavy atom. The summed E-state index contributed by atoms with van der Waals surface area (Å²) in [7, 11) is 0. The Kier molecular flexibility index (Phi) is 5.48. The normalized spacial score (nSPS) is 12.1. The molecule has 0 aliphatic heterocycles. The van der Waals surface area contributed by atoms with E-state index in [1.807, 2.05) is 13.8 Å². The third kappa shape index (κ3) is 4.74. The highest BCUT2D eigenvalue weighted by molar-refractivity contribution is 5.48. The molecule has 2 aromatic rings. The highest BCUT2D eigenvalue weighted by Gasteiger charge is 2.29. The third-order valence-corrected chi connectivity index (χ3v) is 3.32. The van der Waals surface area contributed by atoms with Gasteiger partial charge >= 0.3 is 6.18 Å². The standard InChI is InChI=1S/C20H17F3O/c1-14(2)13-19(24)18-6-4-3-5-16(18)10-7-15-8-11-17(12-9-15)20(21,22)23/h3-6,8-9,11-13,19,24H,1-2H3. The molecule has 0 radical (unpaired) electrons. The van der Waals surface area contributed by atoms with E-state index >= 15 is 0 Å².